The van der Waals surface area contributed by atoms with E-state index in [0.29, 0.717) is 5.84 Å². The van der Waals surface area contributed by atoms with Crippen molar-refractivity contribution in [2.45, 2.75) is 6.17 Å². The molecule has 3 heterocycles. The minimum absolute atomic E-state index is 0.315. The van der Waals surface area contributed by atoms with Gasteiger partial charge >= 0.3 is 0 Å². The summed E-state index contributed by atoms with van der Waals surface area (Å²) in [6.07, 6.45) is 3.38. The second-order valence-corrected chi connectivity index (χ2v) is 13.6. The Kier molecular flexibility index (Phi) is 7.36. The second kappa shape index (κ2) is 12.7. The molecule has 1 unspecified atom stereocenters. The fourth-order valence-electron chi connectivity index (χ4n) is 7.67. The van der Waals surface area contributed by atoms with Crippen molar-refractivity contribution >= 4 is 55.0 Å². The lowest BCUT2D eigenvalue weighted by Crippen LogP contribution is -2.36. The number of rotatable bonds is 5. The number of hydrogen-bond acceptors (Lipinski definition) is 5. The lowest BCUT2D eigenvalue weighted by Gasteiger charge is -2.33. The lowest BCUT2D eigenvalue weighted by molar-refractivity contribution is 0.385. The van der Waals surface area contributed by atoms with Crippen LogP contribution in [0.2, 0.25) is 0 Å². The quantitative estimate of drug-likeness (QED) is 0.182. The minimum atomic E-state index is -0.315. The molecule has 0 saturated heterocycles. The van der Waals surface area contributed by atoms with Gasteiger partial charge in [0.15, 0.2) is 12.0 Å². The zero-order valence-electron chi connectivity index (χ0n) is 29.1. The zero-order valence-corrected chi connectivity index (χ0v) is 29.1. The van der Waals surface area contributed by atoms with Gasteiger partial charge in [-0.25, -0.2) is 9.98 Å². The first-order chi connectivity index (χ1) is 26.2. The van der Waals surface area contributed by atoms with Crippen LogP contribution >= 0.6 is 0 Å². The van der Waals surface area contributed by atoms with Gasteiger partial charge in [0.1, 0.15) is 5.84 Å². The van der Waals surface area contributed by atoms with Crippen LogP contribution < -0.4 is 0 Å². The summed E-state index contributed by atoms with van der Waals surface area (Å²) in [7, 11) is 2.11. The molecule has 0 aliphatic carbocycles. The van der Waals surface area contributed by atoms with Crippen molar-refractivity contribution in [3.63, 3.8) is 0 Å². The summed E-state index contributed by atoms with van der Waals surface area (Å²) in [4.78, 5) is 22.5. The Bertz CT molecular complexity index is 2840. The molecule has 1 aliphatic heterocycles. The van der Waals surface area contributed by atoms with Crippen molar-refractivity contribution in [3.8, 4) is 22.3 Å². The van der Waals surface area contributed by atoms with Crippen LogP contribution in [0.4, 0.5) is 0 Å². The van der Waals surface area contributed by atoms with Gasteiger partial charge in [0.2, 0.25) is 0 Å². The largest absolute Gasteiger partial charge is 0.333 e. The first-order valence-corrected chi connectivity index (χ1v) is 17.9. The van der Waals surface area contributed by atoms with E-state index in [2.05, 4.69) is 174 Å². The topological polar surface area (TPSA) is 53.7 Å². The molecule has 0 N–H and O–H groups in total. The standard InChI is InChI=1S/C48H33N5/c1-53-47(42-18-6-12-31-10-2-4-16-40(31)42)51-46(52-48(53)43-19-7-13-32-11-3-5-17-41(32)43)39-27-37(35-22-20-33-14-8-24-49-44(33)29-35)26-38(28-39)36-23-21-34-15-9-25-50-45(34)30-36/h2-30,47H,1H3. The van der Waals surface area contributed by atoms with Crippen LogP contribution in [-0.2, 0) is 0 Å². The molecule has 0 radical (unpaired) electrons. The van der Waals surface area contributed by atoms with Gasteiger partial charge in [-0.1, -0.05) is 121 Å². The molecule has 1 aliphatic rings. The van der Waals surface area contributed by atoms with Crippen molar-refractivity contribution in [1.82, 2.24) is 14.9 Å². The van der Waals surface area contributed by atoms with Crippen molar-refractivity contribution in [2.75, 3.05) is 7.05 Å². The molecule has 5 heteroatoms. The van der Waals surface area contributed by atoms with Crippen LogP contribution in [0.25, 0.3) is 65.6 Å². The Labute approximate surface area is 307 Å². The third-order valence-corrected chi connectivity index (χ3v) is 10.4. The molecular formula is C48H33N5. The minimum Gasteiger partial charge on any atom is -0.333 e. The van der Waals surface area contributed by atoms with Gasteiger partial charge in [-0.15, -0.1) is 0 Å². The monoisotopic (exact) mass is 679 g/mol. The number of benzene rings is 7. The van der Waals surface area contributed by atoms with Gasteiger partial charge in [-0.2, -0.15) is 0 Å². The van der Waals surface area contributed by atoms with Crippen molar-refractivity contribution < 1.29 is 0 Å². The summed E-state index contributed by atoms with van der Waals surface area (Å²) in [6, 6.07) is 57.8. The highest BCUT2D eigenvalue weighted by Gasteiger charge is 2.29. The van der Waals surface area contributed by atoms with Gasteiger partial charge in [0.25, 0.3) is 0 Å². The number of amidine groups is 2. The predicted molar refractivity (Wildman–Crippen MR) is 219 cm³/mol. The molecule has 0 spiro atoms. The Morgan fingerprint density at radius 3 is 1.68 bits per heavy atom. The van der Waals surface area contributed by atoms with Gasteiger partial charge < -0.3 is 4.90 Å². The summed E-state index contributed by atoms with van der Waals surface area (Å²) in [5, 5.41) is 6.90. The normalized spacial score (nSPS) is 14.5. The van der Waals surface area contributed by atoms with E-state index in [1.165, 1.54) is 16.2 Å². The summed E-state index contributed by atoms with van der Waals surface area (Å²) in [6.45, 7) is 0. The molecule has 250 valence electrons. The summed E-state index contributed by atoms with van der Waals surface area (Å²) in [5.41, 5.74) is 9.34. The van der Waals surface area contributed by atoms with Gasteiger partial charge in [-0.3, -0.25) is 9.97 Å². The maximum absolute atomic E-state index is 5.51. The number of pyridine rings is 2. The highest BCUT2D eigenvalue weighted by Crippen LogP contribution is 2.37. The Hall–Kier alpha value is -6.98. The van der Waals surface area contributed by atoms with Crippen molar-refractivity contribution in [1.29, 1.82) is 0 Å². The molecule has 0 amide bonds. The van der Waals surface area contributed by atoms with Gasteiger partial charge in [-0.05, 0) is 86.3 Å². The van der Waals surface area contributed by atoms with Crippen LogP contribution in [0.3, 0.4) is 0 Å². The average Bonchev–Trinajstić information content (AvgIpc) is 3.23. The molecule has 9 aromatic rings. The fourth-order valence-corrected chi connectivity index (χ4v) is 7.67. The van der Waals surface area contributed by atoms with E-state index in [1.807, 2.05) is 24.5 Å². The molecule has 10 rings (SSSR count). The zero-order chi connectivity index (χ0) is 35.3. The molecule has 0 bridgehead atoms. The Morgan fingerprint density at radius 2 is 1.00 bits per heavy atom. The van der Waals surface area contributed by atoms with Gasteiger partial charge in [0.05, 0.1) is 11.0 Å². The SMILES string of the molecule is CN1C(c2cccc3ccccc23)=NC(c2cc(-c3ccc4cccnc4c3)cc(-c3ccc4cccnc4c3)c2)=NC1c1cccc2ccccc12. The fraction of sp³-hybridized carbons (Fsp3) is 0.0417. The predicted octanol–water partition coefficient (Wildman–Crippen LogP) is 11.3. The molecule has 1 atom stereocenters. The number of aliphatic imine (C=N–C) groups is 2. The smallest absolute Gasteiger partial charge is 0.159 e. The van der Waals surface area contributed by atoms with Gasteiger partial charge in [0, 0.05) is 46.9 Å². The number of hydrogen-bond donors (Lipinski definition) is 0. The Morgan fingerprint density at radius 1 is 0.453 bits per heavy atom. The summed E-state index contributed by atoms with van der Waals surface area (Å²) < 4.78 is 0. The molecule has 0 saturated carbocycles. The van der Waals surface area contributed by atoms with E-state index in [0.717, 1.165) is 72.0 Å². The second-order valence-electron chi connectivity index (χ2n) is 13.6. The molecule has 0 fully saturated rings. The average molecular weight is 680 g/mol. The number of nitrogens with zero attached hydrogens (tertiary/aromatic N) is 5. The number of aromatic nitrogens is 2. The van der Waals surface area contributed by atoms with Crippen LogP contribution in [0.5, 0.6) is 0 Å². The van der Waals surface area contributed by atoms with Crippen molar-refractivity contribution in [2.24, 2.45) is 9.98 Å². The third-order valence-electron chi connectivity index (χ3n) is 10.4. The van der Waals surface area contributed by atoms with E-state index >= 15 is 0 Å². The third kappa shape index (κ3) is 5.51. The van der Waals surface area contributed by atoms with E-state index in [4.69, 9.17) is 9.98 Å². The van der Waals surface area contributed by atoms with E-state index in [1.54, 1.807) is 0 Å². The first kappa shape index (κ1) is 30.8. The maximum Gasteiger partial charge on any atom is 0.159 e. The summed E-state index contributed by atoms with van der Waals surface area (Å²) in [5.74, 6) is 1.56. The highest BCUT2D eigenvalue weighted by molar-refractivity contribution is 6.18. The van der Waals surface area contributed by atoms with Crippen LogP contribution in [0.1, 0.15) is 22.9 Å². The van der Waals surface area contributed by atoms with Crippen LogP contribution in [0, 0.1) is 0 Å². The maximum atomic E-state index is 5.51. The molecule has 2 aromatic heterocycles. The lowest BCUT2D eigenvalue weighted by atomic mass is 9.94. The van der Waals surface area contributed by atoms with E-state index < -0.39 is 0 Å². The molecule has 53 heavy (non-hydrogen) atoms. The molecule has 7 aromatic carbocycles. The van der Waals surface area contributed by atoms with Crippen molar-refractivity contribution in [3.05, 3.63) is 193 Å². The molecular weight excluding hydrogens is 647 g/mol. The highest BCUT2D eigenvalue weighted by atomic mass is 15.3. The first-order valence-electron chi connectivity index (χ1n) is 17.9. The number of fused-ring (bicyclic) bond motifs is 4. The van der Waals surface area contributed by atoms with E-state index in [9.17, 15) is 0 Å². The summed E-state index contributed by atoms with van der Waals surface area (Å²) >= 11 is 0. The Balaban J connectivity index is 1.22. The molecule has 5 nitrogen and oxygen atoms in total. The van der Waals surface area contributed by atoms with E-state index in [-0.39, 0.29) is 6.17 Å². The van der Waals surface area contributed by atoms with Crippen LogP contribution in [-0.4, -0.2) is 33.6 Å². The van der Waals surface area contributed by atoms with Crippen LogP contribution in [0.15, 0.2) is 186 Å².